The molecule has 0 unspecified atom stereocenters. The molecule has 2 aromatic rings. The molecule has 0 aliphatic carbocycles. The molecule has 7 heteroatoms. The summed E-state index contributed by atoms with van der Waals surface area (Å²) < 4.78 is 0. The van der Waals surface area contributed by atoms with Gasteiger partial charge in [0.2, 0.25) is 0 Å². The molecule has 0 saturated carbocycles. The average Bonchev–Trinajstić information content (AvgIpc) is 2.60. The van der Waals surface area contributed by atoms with E-state index in [1.165, 1.54) is 12.4 Å². The summed E-state index contributed by atoms with van der Waals surface area (Å²) >= 11 is 0. The number of aryl methyl sites for hydroxylation is 1. The largest absolute Gasteiger partial charge is 0.288 e. The van der Waals surface area contributed by atoms with Crippen molar-refractivity contribution in [3.05, 3.63) is 59.7 Å². The third kappa shape index (κ3) is 5.96. The fourth-order valence-corrected chi connectivity index (χ4v) is 2.09. The van der Waals surface area contributed by atoms with E-state index in [9.17, 15) is 9.59 Å². The summed E-state index contributed by atoms with van der Waals surface area (Å²) in [5, 5.41) is 0. The third-order valence-corrected chi connectivity index (χ3v) is 3.36. The molecule has 2 heterocycles. The Labute approximate surface area is 147 Å². The average molecular weight is 349 g/mol. The highest BCUT2D eigenvalue weighted by Gasteiger charge is 2.10. The normalized spacial score (nSPS) is 9.71. The second-order valence-corrected chi connectivity index (χ2v) is 5.15. The molecule has 24 heavy (non-hydrogen) atoms. The first kappa shape index (κ1) is 19.6. The van der Waals surface area contributed by atoms with Gasteiger partial charge in [-0.2, -0.15) is 0 Å². The maximum absolute atomic E-state index is 12.1. The zero-order valence-electron chi connectivity index (χ0n) is 13.5. The molecule has 0 atom stereocenters. The highest BCUT2D eigenvalue weighted by Crippen LogP contribution is 2.07. The molecule has 2 N–H and O–H groups in total. The maximum atomic E-state index is 12.1. The van der Waals surface area contributed by atoms with Crippen LogP contribution in [0, 0.1) is 0 Å². The molecule has 2 aromatic heterocycles. The fraction of sp³-hybridized carbons (Fsp3) is 0.294. The zero-order chi connectivity index (χ0) is 16.5. The summed E-state index contributed by atoms with van der Waals surface area (Å²) in [6.07, 6.45) is 8.95. The van der Waals surface area contributed by atoms with Crippen molar-refractivity contribution in [2.45, 2.75) is 32.6 Å². The number of hydrogen-bond donors (Lipinski definition) is 2. The lowest BCUT2D eigenvalue weighted by atomic mass is 10.1. The minimum atomic E-state index is -0.440. The number of nitrogens with zero attached hydrogens (tertiary/aromatic N) is 2. The van der Waals surface area contributed by atoms with Gasteiger partial charge in [-0.25, -0.2) is 0 Å². The lowest BCUT2D eigenvalue weighted by Gasteiger charge is -2.08. The molecule has 0 aliphatic heterocycles. The molecule has 0 saturated heterocycles. The van der Waals surface area contributed by atoms with E-state index in [0.29, 0.717) is 5.56 Å². The molecule has 0 radical (unpaired) electrons. The predicted molar refractivity (Wildman–Crippen MR) is 93.9 cm³/mol. The number of pyridine rings is 2. The monoisotopic (exact) mass is 348 g/mol. The van der Waals surface area contributed by atoms with Gasteiger partial charge in [0, 0.05) is 24.2 Å². The first-order valence-electron chi connectivity index (χ1n) is 7.66. The van der Waals surface area contributed by atoms with Crippen molar-refractivity contribution in [2.24, 2.45) is 0 Å². The van der Waals surface area contributed by atoms with Crippen LogP contribution in [0.5, 0.6) is 0 Å². The summed E-state index contributed by atoms with van der Waals surface area (Å²) in [4.78, 5) is 31.8. The van der Waals surface area contributed by atoms with Gasteiger partial charge in [-0.1, -0.05) is 19.8 Å². The van der Waals surface area contributed by atoms with Crippen molar-refractivity contribution in [3.8, 4) is 0 Å². The molecule has 0 spiro atoms. The molecule has 0 aromatic carbocycles. The highest BCUT2D eigenvalue weighted by molar-refractivity contribution is 5.98. The topological polar surface area (TPSA) is 84.0 Å². The van der Waals surface area contributed by atoms with E-state index in [2.05, 4.69) is 27.7 Å². The molecule has 128 valence electrons. The van der Waals surface area contributed by atoms with E-state index in [0.717, 1.165) is 31.2 Å². The Morgan fingerprint density at radius 2 is 1.71 bits per heavy atom. The number of halogens is 1. The van der Waals surface area contributed by atoms with E-state index in [1.807, 2.05) is 6.07 Å². The van der Waals surface area contributed by atoms with Crippen LogP contribution in [0.15, 0.2) is 42.9 Å². The Morgan fingerprint density at radius 3 is 2.42 bits per heavy atom. The summed E-state index contributed by atoms with van der Waals surface area (Å²) in [5.74, 6) is -0.843. The van der Waals surface area contributed by atoms with Gasteiger partial charge in [-0.3, -0.25) is 30.4 Å². The number of unbranched alkanes of at least 4 members (excludes halogenated alkanes) is 2. The Balaban J connectivity index is 0.00000288. The number of carbonyl (C=O) groups is 2. The van der Waals surface area contributed by atoms with Crippen LogP contribution >= 0.6 is 12.4 Å². The molecule has 6 nitrogen and oxygen atoms in total. The van der Waals surface area contributed by atoms with Gasteiger partial charge in [0.1, 0.15) is 5.69 Å². The smallest absolute Gasteiger partial charge is 0.267 e. The summed E-state index contributed by atoms with van der Waals surface area (Å²) in [7, 11) is 0. The number of nitrogens with one attached hydrogen (secondary N) is 2. The molecule has 0 fully saturated rings. The molecule has 2 rings (SSSR count). The van der Waals surface area contributed by atoms with Crippen LogP contribution in [0.25, 0.3) is 0 Å². The fourth-order valence-electron chi connectivity index (χ4n) is 2.09. The molecular formula is C17H21ClN4O2. The Morgan fingerprint density at radius 1 is 1.00 bits per heavy atom. The predicted octanol–water partition coefficient (Wildman–Crippen LogP) is 2.71. The Bertz CT molecular complexity index is 665. The number of hydrazine groups is 1. The van der Waals surface area contributed by atoms with E-state index >= 15 is 0 Å². The summed E-state index contributed by atoms with van der Waals surface area (Å²) in [5.41, 5.74) is 6.51. The SMILES string of the molecule is CCCCCc1ccnc(C(=O)NNC(=O)c2ccncc2)c1.Cl. The number of rotatable bonds is 6. The van der Waals surface area contributed by atoms with Crippen LogP contribution in [0.3, 0.4) is 0 Å². The van der Waals surface area contributed by atoms with Gasteiger partial charge in [0.25, 0.3) is 11.8 Å². The maximum Gasteiger partial charge on any atom is 0.288 e. The van der Waals surface area contributed by atoms with E-state index in [4.69, 9.17) is 0 Å². The highest BCUT2D eigenvalue weighted by atomic mass is 35.5. The standard InChI is InChI=1S/C17H20N4O2.ClH/c1-2-3-4-5-13-6-11-19-15(12-13)17(23)21-20-16(22)14-7-9-18-10-8-14;/h6-12H,2-5H2,1H3,(H,20,22)(H,21,23);1H. The number of amides is 2. The Hall–Kier alpha value is -2.47. The number of aromatic nitrogens is 2. The minimum absolute atomic E-state index is 0. The third-order valence-electron chi connectivity index (χ3n) is 3.36. The lowest BCUT2D eigenvalue weighted by molar-refractivity contribution is 0.0844. The molecule has 0 bridgehead atoms. The Kier molecular flexibility index (Phi) is 8.43. The van der Waals surface area contributed by atoms with Gasteiger partial charge in [0.05, 0.1) is 0 Å². The minimum Gasteiger partial charge on any atom is -0.267 e. The summed E-state index contributed by atoms with van der Waals surface area (Å²) in [6, 6.07) is 6.79. The second kappa shape index (κ2) is 10.3. The van der Waals surface area contributed by atoms with E-state index in [1.54, 1.807) is 24.4 Å². The van der Waals surface area contributed by atoms with Crippen LogP contribution in [-0.4, -0.2) is 21.8 Å². The van der Waals surface area contributed by atoms with Crippen molar-refractivity contribution in [2.75, 3.05) is 0 Å². The van der Waals surface area contributed by atoms with E-state index < -0.39 is 11.8 Å². The first-order valence-corrected chi connectivity index (χ1v) is 7.66. The van der Waals surface area contributed by atoms with Gasteiger partial charge in [-0.15, -0.1) is 12.4 Å². The lowest BCUT2D eigenvalue weighted by Crippen LogP contribution is -2.42. The van der Waals surface area contributed by atoms with Crippen LogP contribution in [0.4, 0.5) is 0 Å². The zero-order valence-corrected chi connectivity index (χ0v) is 14.3. The van der Waals surface area contributed by atoms with Crippen LogP contribution < -0.4 is 10.9 Å². The van der Waals surface area contributed by atoms with Crippen LogP contribution in [0.1, 0.15) is 52.6 Å². The molecular weight excluding hydrogens is 328 g/mol. The van der Waals surface area contributed by atoms with E-state index in [-0.39, 0.29) is 18.1 Å². The van der Waals surface area contributed by atoms with Crippen molar-refractivity contribution in [3.63, 3.8) is 0 Å². The molecule has 2 amide bonds. The van der Waals surface area contributed by atoms with Crippen molar-refractivity contribution in [1.29, 1.82) is 0 Å². The van der Waals surface area contributed by atoms with Crippen molar-refractivity contribution < 1.29 is 9.59 Å². The first-order chi connectivity index (χ1) is 11.2. The number of carbonyl (C=O) groups excluding carboxylic acids is 2. The van der Waals surface area contributed by atoms with Gasteiger partial charge in [0.15, 0.2) is 0 Å². The van der Waals surface area contributed by atoms with Gasteiger partial charge < -0.3 is 0 Å². The molecule has 0 aliphatic rings. The second-order valence-electron chi connectivity index (χ2n) is 5.15. The van der Waals surface area contributed by atoms with Crippen LogP contribution in [0.2, 0.25) is 0 Å². The summed E-state index contributed by atoms with van der Waals surface area (Å²) in [6.45, 7) is 2.15. The van der Waals surface area contributed by atoms with Crippen molar-refractivity contribution >= 4 is 24.2 Å². The van der Waals surface area contributed by atoms with Crippen LogP contribution in [-0.2, 0) is 6.42 Å². The van der Waals surface area contributed by atoms with Crippen molar-refractivity contribution in [1.82, 2.24) is 20.8 Å². The number of hydrogen-bond acceptors (Lipinski definition) is 4. The van der Waals surface area contributed by atoms with Gasteiger partial charge in [-0.05, 0) is 42.7 Å². The van der Waals surface area contributed by atoms with Gasteiger partial charge >= 0.3 is 0 Å². The quantitative estimate of drug-likeness (QED) is 0.621.